The number of hydrogen-bond donors (Lipinski definition) is 1. The van der Waals surface area contributed by atoms with Gasteiger partial charge in [-0.2, -0.15) is 0 Å². The summed E-state index contributed by atoms with van der Waals surface area (Å²) in [5.41, 5.74) is 2.13. The predicted octanol–water partition coefficient (Wildman–Crippen LogP) is 3.29. The highest BCUT2D eigenvalue weighted by molar-refractivity contribution is 5.10. The van der Waals surface area contributed by atoms with Gasteiger partial charge in [0.1, 0.15) is 0 Å². The van der Waals surface area contributed by atoms with Crippen LogP contribution in [-0.4, -0.2) is 17.6 Å². The van der Waals surface area contributed by atoms with Crippen molar-refractivity contribution in [3.8, 4) is 0 Å². The molecule has 0 unspecified atom stereocenters. The van der Waals surface area contributed by atoms with Crippen molar-refractivity contribution < 1.29 is 4.74 Å². The fourth-order valence-corrected chi connectivity index (χ4v) is 2.23. The first-order valence-corrected chi connectivity index (χ1v) is 7.50. The molecule has 3 nitrogen and oxygen atoms in total. The van der Waals surface area contributed by atoms with E-state index in [1.54, 1.807) is 0 Å². The van der Waals surface area contributed by atoms with Gasteiger partial charge in [0.2, 0.25) is 0 Å². The highest BCUT2D eigenvalue weighted by Gasteiger charge is 2.16. The van der Waals surface area contributed by atoms with Crippen molar-refractivity contribution in [2.45, 2.75) is 58.7 Å². The highest BCUT2D eigenvalue weighted by Crippen LogP contribution is 2.29. The second-order valence-electron chi connectivity index (χ2n) is 5.79. The number of aromatic nitrogens is 1. The van der Waals surface area contributed by atoms with Crippen molar-refractivity contribution in [2.24, 2.45) is 5.92 Å². The molecule has 0 aliphatic heterocycles. The van der Waals surface area contributed by atoms with E-state index in [4.69, 9.17) is 4.74 Å². The Morgan fingerprint density at radius 3 is 2.79 bits per heavy atom. The zero-order valence-corrected chi connectivity index (χ0v) is 12.2. The summed E-state index contributed by atoms with van der Waals surface area (Å²) < 4.78 is 5.72. The molecule has 19 heavy (non-hydrogen) atoms. The molecule has 0 bridgehead atoms. The Kier molecular flexibility index (Phi) is 5.80. The second-order valence-corrected chi connectivity index (χ2v) is 5.79. The predicted molar refractivity (Wildman–Crippen MR) is 77.8 cm³/mol. The third-order valence-corrected chi connectivity index (χ3v) is 3.70. The lowest BCUT2D eigenvalue weighted by molar-refractivity contribution is 0.0928. The van der Waals surface area contributed by atoms with Crippen LogP contribution in [0.3, 0.4) is 0 Å². The average Bonchev–Trinajstić information content (AvgIpc) is 2.34. The SMILES string of the molecule is CC(C)NCc1cccc(COCCC2CCC2)n1. The Labute approximate surface area is 116 Å². The zero-order valence-electron chi connectivity index (χ0n) is 12.2. The molecule has 0 saturated heterocycles. The van der Waals surface area contributed by atoms with Gasteiger partial charge in [0.25, 0.3) is 0 Å². The van der Waals surface area contributed by atoms with E-state index in [0.29, 0.717) is 12.6 Å². The molecule has 0 aromatic carbocycles. The minimum atomic E-state index is 0.490. The summed E-state index contributed by atoms with van der Waals surface area (Å²) >= 11 is 0. The van der Waals surface area contributed by atoms with Crippen LogP contribution in [0, 0.1) is 5.92 Å². The van der Waals surface area contributed by atoms with Gasteiger partial charge < -0.3 is 10.1 Å². The molecule has 3 heteroatoms. The standard InChI is InChI=1S/C16H26N2O/c1-13(2)17-11-15-7-4-8-16(18-15)12-19-10-9-14-5-3-6-14/h4,7-8,13-14,17H,3,5-6,9-12H2,1-2H3. The molecule has 0 radical (unpaired) electrons. The second kappa shape index (κ2) is 7.61. The van der Waals surface area contributed by atoms with Gasteiger partial charge in [-0.15, -0.1) is 0 Å². The molecule has 1 aromatic rings. The van der Waals surface area contributed by atoms with Crippen LogP contribution < -0.4 is 5.32 Å². The lowest BCUT2D eigenvalue weighted by Gasteiger charge is -2.24. The van der Waals surface area contributed by atoms with Crippen molar-refractivity contribution >= 4 is 0 Å². The molecular weight excluding hydrogens is 236 g/mol. The van der Waals surface area contributed by atoms with Crippen LogP contribution in [0.1, 0.15) is 50.9 Å². The summed E-state index contributed by atoms with van der Waals surface area (Å²) in [6.45, 7) is 6.64. The first-order chi connectivity index (χ1) is 9.24. The molecule has 1 saturated carbocycles. The van der Waals surface area contributed by atoms with Crippen LogP contribution in [0.25, 0.3) is 0 Å². The summed E-state index contributed by atoms with van der Waals surface area (Å²) in [7, 11) is 0. The molecule has 0 spiro atoms. The van der Waals surface area contributed by atoms with Gasteiger partial charge in [-0.1, -0.05) is 39.2 Å². The van der Waals surface area contributed by atoms with E-state index in [-0.39, 0.29) is 0 Å². The van der Waals surface area contributed by atoms with Gasteiger partial charge in [-0.25, -0.2) is 0 Å². The molecule has 1 aliphatic carbocycles. The first-order valence-electron chi connectivity index (χ1n) is 7.50. The monoisotopic (exact) mass is 262 g/mol. The van der Waals surface area contributed by atoms with Gasteiger partial charge in [0.05, 0.1) is 18.0 Å². The smallest absolute Gasteiger partial charge is 0.0887 e. The molecular formula is C16H26N2O. The van der Waals surface area contributed by atoms with Crippen molar-refractivity contribution in [1.82, 2.24) is 10.3 Å². The molecule has 1 N–H and O–H groups in total. The summed E-state index contributed by atoms with van der Waals surface area (Å²) in [6.07, 6.45) is 5.43. The third-order valence-electron chi connectivity index (χ3n) is 3.70. The average molecular weight is 262 g/mol. The number of nitrogens with one attached hydrogen (secondary N) is 1. The van der Waals surface area contributed by atoms with Crippen molar-refractivity contribution in [3.63, 3.8) is 0 Å². The number of rotatable bonds is 8. The van der Waals surface area contributed by atoms with E-state index in [1.807, 2.05) is 6.07 Å². The van der Waals surface area contributed by atoms with E-state index in [1.165, 1.54) is 25.7 Å². The van der Waals surface area contributed by atoms with Crippen LogP contribution in [0.5, 0.6) is 0 Å². The molecule has 0 amide bonds. The van der Waals surface area contributed by atoms with Crippen LogP contribution in [0.15, 0.2) is 18.2 Å². The van der Waals surface area contributed by atoms with E-state index < -0.39 is 0 Å². The fraction of sp³-hybridized carbons (Fsp3) is 0.688. The van der Waals surface area contributed by atoms with E-state index in [2.05, 4.69) is 36.3 Å². The maximum atomic E-state index is 5.72. The minimum Gasteiger partial charge on any atom is -0.375 e. The van der Waals surface area contributed by atoms with Gasteiger partial charge in [-0.05, 0) is 24.5 Å². The van der Waals surface area contributed by atoms with Gasteiger partial charge in [-0.3, -0.25) is 4.98 Å². The van der Waals surface area contributed by atoms with E-state index in [9.17, 15) is 0 Å². The Morgan fingerprint density at radius 2 is 2.11 bits per heavy atom. The van der Waals surface area contributed by atoms with Crippen molar-refractivity contribution in [2.75, 3.05) is 6.61 Å². The minimum absolute atomic E-state index is 0.490. The van der Waals surface area contributed by atoms with Crippen LogP contribution in [0.2, 0.25) is 0 Å². The Hall–Kier alpha value is -0.930. The molecule has 2 rings (SSSR count). The number of ether oxygens (including phenoxy) is 1. The number of nitrogens with zero attached hydrogens (tertiary/aromatic N) is 1. The lowest BCUT2D eigenvalue weighted by atomic mass is 9.83. The lowest BCUT2D eigenvalue weighted by Crippen LogP contribution is -2.22. The molecule has 1 aromatic heterocycles. The van der Waals surface area contributed by atoms with Crippen LogP contribution in [0.4, 0.5) is 0 Å². The third kappa shape index (κ3) is 5.29. The maximum Gasteiger partial charge on any atom is 0.0887 e. The quantitative estimate of drug-likeness (QED) is 0.730. The number of pyridine rings is 1. The summed E-state index contributed by atoms with van der Waals surface area (Å²) in [5.74, 6) is 0.925. The van der Waals surface area contributed by atoms with Crippen molar-refractivity contribution in [1.29, 1.82) is 0 Å². The fourth-order valence-electron chi connectivity index (χ4n) is 2.23. The zero-order chi connectivity index (χ0) is 13.5. The normalized spacial score (nSPS) is 15.7. The van der Waals surface area contributed by atoms with Gasteiger partial charge in [0.15, 0.2) is 0 Å². The van der Waals surface area contributed by atoms with Crippen LogP contribution >= 0.6 is 0 Å². The highest BCUT2D eigenvalue weighted by atomic mass is 16.5. The Balaban J connectivity index is 1.68. The summed E-state index contributed by atoms with van der Waals surface area (Å²) in [4.78, 5) is 4.61. The topological polar surface area (TPSA) is 34.1 Å². The summed E-state index contributed by atoms with van der Waals surface area (Å²) in [6, 6.07) is 6.66. The summed E-state index contributed by atoms with van der Waals surface area (Å²) in [5, 5.41) is 3.38. The molecule has 1 fully saturated rings. The molecule has 0 atom stereocenters. The maximum absolute atomic E-state index is 5.72. The Bertz CT molecular complexity index is 375. The number of hydrogen-bond acceptors (Lipinski definition) is 3. The van der Waals surface area contributed by atoms with Crippen LogP contribution in [-0.2, 0) is 17.9 Å². The van der Waals surface area contributed by atoms with E-state index in [0.717, 1.165) is 30.5 Å². The van der Waals surface area contributed by atoms with Gasteiger partial charge >= 0.3 is 0 Å². The van der Waals surface area contributed by atoms with Crippen molar-refractivity contribution in [3.05, 3.63) is 29.6 Å². The molecule has 106 valence electrons. The molecule has 1 heterocycles. The Morgan fingerprint density at radius 1 is 1.32 bits per heavy atom. The van der Waals surface area contributed by atoms with Gasteiger partial charge in [0, 0.05) is 19.2 Å². The molecule has 1 aliphatic rings. The van der Waals surface area contributed by atoms with E-state index >= 15 is 0 Å². The largest absolute Gasteiger partial charge is 0.375 e. The first kappa shape index (κ1) is 14.5.